The lowest BCUT2D eigenvalue weighted by Crippen LogP contribution is -2.08. The van der Waals surface area contributed by atoms with Gasteiger partial charge in [0.25, 0.3) is 0 Å². The van der Waals surface area contributed by atoms with Crippen molar-refractivity contribution in [2.24, 2.45) is 11.8 Å². The van der Waals surface area contributed by atoms with E-state index in [-0.39, 0.29) is 5.95 Å². The summed E-state index contributed by atoms with van der Waals surface area (Å²) in [5.41, 5.74) is 11.0. The van der Waals surface area contributed by atoms with Crippen LogP contribution in [0.4, 0.5) is 17.6 Å². The van der Waals surface area contributed by atoms with E-state index in [9.17, 15) is 0 Å². The molecule has 0 aromatic carbocycles. The second-order valence-electron chi connectivity index (χ2n) is 3.89. The van der Waals surface area contributed by atoms with Crippen molar-refractivity contribution in [3.8, 4) is 0 Å². The van der Waals surface area contributed by atoms with Gasteiger partial charge in [-0.2, -0.15) is 9.97 Å². The maximum Gasteiger partial charge on any atom is 0.223 e. The minimum absolute atomic E-state index is 0.219. The summed E-state index contributed by atoms with van der Waals surface area (Å²) in [6, 6.07) is 1.70. The summed E-state index contributed by atoms with van der Waals surface area (Å²) in [6.07, 6.45) is 1.29. The Kier molecular flexibility index (Phi) is 2.15. The second-order valence-corrected chi connectivity index (χ2v) is 3.89. The molecule has 0 amide bonds. The van der Waals surface area contributed by atoms with Gasteiger partial charge in [0, 0.05) is 12.6 Å². The van der Waals surface area contributed by atoms with Crippen LogP contribution in [0.3, 0.4) is 0 Å². The molecule has 1 aliphatic rings. The fourth-order valence-electron chi connectivity index (χ4n) is 1.50. The summed E-state index contributed by atoms with van der Waals surface area (Å²) < 4.78 is 0. The van der Waals surface area contributed by atoms with Crippen LogP contribution in [0.25, 0.3) is 0 Å². The van der Waals surface area contributed by atoms with Crippen LogP contribution in [0, 0.1) is 11.8 Å². The molecule has 0 radical (unpaired) electrons. The number of nitrogens with one attached hydrogen (secondary N) is 1. The van der Waals surface area contributed by atoms with Gasteiger partial charge < -0.3 is 16.8 Å². The molecule has 0 bridgehead atoms. The predicted molar refractivity (Wildman–Crippen MR) is 56.6 cm³/mol. The first kappa shape index (κ1) is 9.05. The quantitative estimate of drug-likeness (QED) is 0.657. The molecule has 76 valence electrons. The summed E-state index contributed by atoms with van der Waals surface area (Å²) in [5, 5.41) is 3.21. The number of nitrogens with two attached hydrogens (primary N) is 2. The van der Waals surface area contributed by atoms with Crippen LogP contribution in [0.5, 0.6) is 0 Å². The van der Waals surface area contributed by atoms with Gasteiger partial charge >= 0.3 is 0 Å². The van der Waals surface area contributed by atoms with Crippen LogP contribution in [0.15, 0.2) is 6.07 Å². The molecular weight excluding hydrogens is 178 g/mol. The lowest BCUT2D eigenvalue weighted by atomic mass is 10.3. The Bertz CT molecular complexity index is 318. The molecular formula is C9H15N5. The van der Waals surface area contributed by atoms with E-state index in [4.69, 9.17) is 11.5 Å². The normalized spacial score (nSPS) is 24.6. The van der Waals surface area contributed by atoms with Gasteiger partial charge in [-0.3, -0.25) is 0 Å². The lowest BCUT2D eigenvalue weighted by molar-refractivity contribution is 0.784. The van der Waals surface area contributed by atoms with Gasteiger partial charge in [0.05, 0.1) is 0 Å². The average Bonchev–Trinajstić information content (AvgIpc) is 2.77. The van der Waals surface area contributed by atoms with Crippen LogP contribution in [0.1, 0.15) is 13.3 Å². The monoisotopic (exact) mass is 193 g/mol. The van der Waals surface area contributed by atoms with Crippen LogP contribution in [0.2, 0.25) is 0 Å². The Morgan fingerprint density at radius 1 is 1.50 bits per heavy atom. The number of anilines is 3. The molecule has 0 saturated heterocycles. The molecule has 2 unspecified atom stereocenters. The fraction of sp³-hybridized carbons (Fsp3) is 0.556. The third kappa shape index (κ3) is 2.04. The van der Waals surface area contributed by atoms with E-state index in [0.29, 0.717) is 11.6 Å². The molecule has 5 nitrogen and oxygen atoms in total. The minimum Gasteiger partial charge on any atom is -0.383 e. The molecule has 1 heterocycles. The highest BCUT2D eigenvalue weighted by Crippen LogP contribution is 2.37. The highest BCUT2D eigenvalue weighted by atomic mass is 15.1. The summed E-state index contributed by atoms with van der Waals surface area (Å²) >= 11 is 0. The Hall–Kier alpha value is -1.52. The van der Waals surface area contributed by atoms with Gasteiger partial charge in [-0.25, -0.2) is 0 Å². The average molecular weight is 193 g/mol. The number of hydrogen-bond donors (Lipinski definition) is 3. The molecule has 1 saturated carbocycles. The fourth-order valence-corrected chi connectivity index (χ4v) is 1.50. The van der Waals surface area contributed by atoms with Gasteiger partial charge in [0.15, 0.2) is 0 Å². The zero-order valence-corrected chi connectivity index (χ0v) is 8.20. The molecule has 1 aliphatic carbocycles. The van der Waals surface area contributed by atoms with E-state index in [0.717, 1.165) is 18.4 Å². The van der Waals surface area contributed by atoms with Crippen molar-refractivity contribution < 1.29 is 0 Å². The summed E-state index contributed by atoms with van der Waals surface area (Å²) in [6.45, 7) is 3.19. The number of nitrogen functional groups attached to an aromatic ring is 2. The number of aromatic nitrogens is 2. The van der Waals surface area contributed by atoms with E-state index >= 15 is 0 Å². The third-order valence-electron chi connectivity index (χ3n) is 2.58. The molecule has 5 N–H and O–H groups in total. The number of rotatable bonds is 3. The van der Waals surface area contributed by atoms with E-state index in [1.54, 1.807) is 6.07 Å². The molecule has 0 spiro atoms. The first-order valence-corrected chi connectivity index (χ1v) is 4.79. The summed E-state index contributed by atoms with van der Waals surface area (Å²) in [4.78, 5) is 7.83. The van der Waals surface area contributed by atoms with Crippen LogP contribution in [-0.2, 0) is 0 Å². The van der Waals surface area contributed by atoms with Crippen LogP contribution in [-0.4, -0.2) is 16.5 Å². The van der Waals surface area contributed by atoms with Crippen molar-refractivity contribution in [1.82, 2.24) is 9.97 Å². The van der Waals surface area contributed by atoms with Gasteiger partial charge in [-0.15, -0.1) is 0 Å². The molecule has 0 aliphatic heterocycles. The standard InChI is InChI=1S/C9H15N5/c1-5-2-6(5)4-12-8-3-7(10)13-9(11)14-8/h3,5-6H,2,4H2,1H3,(H5,10,11,12,13,14). The Labute approximate surface area is 82.9 Å². The maximum absolute atomic E-state index is 5.54. The SMILES string of the molecule is CC1CC1CNc1cc(N)nc(N)n1. The predicted octanol–water partition coefficient (Wildman–Crippen LogP) is 0.709. The second kappa shape index (κ2) is 3.32. The van der Waals surface area contributed by atoms with Crippen molar-refractivity contribution in [3.63, 3.8) is 0 Å². The van der Waals surface area contributed by atoms with Gasteiger partial charge in [0.2, 0.25) is 5.95 Å². The zero-order chi connectivity index (χ0) is 10.1. The maximum atomic E-state index is 5.54. The van der Waals surface area contributed by atoms with E-state index in [1.807, 2.05) is 0 Å². The van der Waals surface area contributed by atoms with Gasteiger partial charge in [0.1, 0.15) is 11.6 Å². The van der Waals surface area contributed by atoms with Crippen LogP contribution < -0.4 is 16.8 Å². The molecule has 5 heteroatoms. The molecule has 2 rings (SSSR count). The Morgan fingerprint density at radius 3 is 2.79 bits per heavy atom. The van der Waals surface area contributed by atoms with E-state index in [2.05, 4.69) is 22.2 Å². The Morgan fingerprint density at radius 2 is 2.21 bits per heavy atom. The summed E-state index contributed by atoms with van der Waals surface area (Å²) in [7, 11) is 0. The molecule has 1 fully saturated rings. The summed E-state index contributed by atoms with van der Waals surface area (Å²) in [5.74, 6) is 2.95. The zero-order valence-electron chi connectivity index (χ0n) is 8.20. The topological polar surface area (TPSA) is 89.8 Å². The minimum atomic E-state index is 0.219. The van der Waals surface area contributed by atoms with Crippen molar-refractivity contribution in [2.75, 3.05) is 23.3 Å². The Balaban J connectivity index is 1.95. The van der Waals surface area contributed by atoms with E-state index < -0.39 is 0 Å². The smallest absolute Gasteiger partial charge is 0.223 e. The molecule has 1 aromatic rings. The first-order valence-electron chi connectivity index (χ1n) is 4.79. The van der Waals surface area contributed by atoms with Crippen molar-refractivity contribution >= 4 is 17.6 Å². The van der Waals surface area contributed by atoms with Crippen molar-refractivity contribution in [1.29, 1.82) is 0 Å². The van der Waals surface area contributed by atoms with Gasteiger partial charge in [-0.1, -0.05) is 6.92 Å². The molecule has 1 aromatic heterocycles. The molecule has 2 atom stereocenters. The highest BCUT2D eigenvalue weighted by molar-refractivity contribution is 5.48. The van der Waals surface area contributed by atoms with Crippen molar-refractivity contribution in [2.45, 2.75) is 13.3 Å². The van der Waals surface area contributed by atoms with Crippen LogP contribution >= 0.6 is 0 Å². The largest absolute Gasteiger partial charge is 0.383 e. The van der Waals surface area contributed by atoms with E-state index in [1.165, 1.54) is 6.42 Å². The number of hydrogen-bond acceptors (Lipinski definition) is 5. The van der Waals surface area contributed by atoms with Crippen molar-refractivity contribution in [3.05, 3.63) is 6.07 Å². The highest BCUT2D eigenvalue weighted by Gasteiger charge is 2.31. The third-order valence-corrected chi connectivity index (χ3v) is 2.58. The number of nitrogens with zero attached hydrogens (tertiary/aromatic N) is 2. The van der Waals surface area contributed by atoms with Gasteiger partial charge in [-0.05, 0) is 18.3 Å². The first-order chi connectivity index (χ1) is 6.65. The molecule has 14 heavy (non-hydrogen) atoms. The lowest BCUT2D eigenvalue weighted by Gasteiger charge is -2.05.